The third kappa shape index (κ3) is 4.16. The number of aliphatic carboxylic acids is 1. The van der Waals surface area contributed by atoms with E-state index in [9.17, 15) is 9.59 Å². The van der Waals surface area contributed by atoms with Gasteiger partial charge in [0.1, 0.15) is 0 Å². The van der Waals surface area contributed by atoms with E-state index in [4.69, 9.17) is 5.11 Å². The van der Waals surface area contributed by atoms with Gasteiger partial charge in [0.05, 0.1) is 0 Å². The lowest BCUT2D eigenvalue weighted by atomic mass is 9.63. The van der Waals surface area contributed by atoms with Crippen molar-refractivity contribution in [1.82, 2.24) is 0 Å². The van der Waals surface area contributed by atoms with Crippen LogP contribution in [0.1, 0.15) is 67.6 Å². The van der Waals surface area contributed by atoms with Crippen molar-refractivity contribution in [2.75, 3.05) is 5.32 Å². The average molecular weight is 377 g/mol. The van der Waals surface area contributed by atoms with E-state index in [1.165, 1.54) is 17.2 Å². The SMILES string of the molecule is CC1(C)CCC(C)(C)c2cc(NC(=O)c3ccc(C=CC(=O)O)cc3)ccc21. The van der Waals surface area contributed by atoms with Crippen LogP contribution in [0, 0.1) is 0 Å². The van der Waals surface area contributed by atoms with Crippen LogP contribution in [-0.2, 0) is 15.6 Å². The van der Waals surface area contributed by atoms with Gasteiger partial charge in [-0.3, -0.25) is 4.79 Å². The van der Waals surface area contributed by atoms with Crippen LogP contribution in [0.4, 0.5) is 5.69 Å². The number of carboxylic acid groups (broad SMARTS) is 1. The Morgan fingerprint density at radius 1 is 0.929 bits per heavy atom. The van der Waals surface area contributed by atoms with E-state index in [0.29, 0.717) is 5.56 Å². The normalized spacial score (nSPS) is 17.1. The van der Waals surface area contributed by atoms with Crippen LogP contribution in [0.5, 0.6) is 0 Å². The molecule has 0 heterocycles. The van der Waals surface area contributed by atoms with Gasteiger partial charge in [-0.05, 0) is 70.7 Å². The summed E-state index contributed by atoms with van der Waals surface area (Å²) < 4.78 is 0. The van der Waals surface area contributed by atoms with Crippen LogP contribution in [0.15, 0.2) is 48.5 Å². The molecule has 0 radical (unpaired) electrons. The quantitative estimate of drug-likeness (QED) is 0.703. The number of carbonyl (C=O) groups excluding carboxylic acids is 1. The summed E-state index contributed by atoms with van der Waals surface area (Å²) in [6.45, 7) is 9.07. The number of benzene rings is 2. The van der Waals surface area contributed by atoms with E-state index < -0.39 is 5.97 Å². The average Bonchev–Trinajstić information content (AvgIpc) is 2.64. The summed E-state index contributed by atoms with van der Waals surface area (Å²) in [5, 5.41) is 11.7. The molecule has 0 saturated carbocycles. The number of nitrogens with one attached hydrogen (secondary N) is 1. The highest BCUT2D eigenvalue weighted by Crippen LogP contribution is 2.46. The minimum absolute atomic E-state index is 0.0870. The van der Waals surface area contributed by atoms with E-state index in [-0.39, 0.29) is 16.7 Å². The lowest BCUT2D eigenvalue weighted by Crippen LogP contribution is -2.33. The zero-order valence-electron chi connectivity index (χ0n) is 16.9. The maximum atomic E-state index is 12.6. The molecule has 0 aliphatic heterocycles. The molecule has 28 heavy (non-hydrogen) atoms. The molecule has 0 spiro atoms. The fourth-order valence-corrected chi connectivity index (χ4v) is 3.78. The van der Waals surface area contributed by atoms with Gasteiger partial charge in [0.15, 0.2) is 0 Å². The smallest absolute Gasteiger partial charge is 0.328 e. The summed E-state index contributed by atoms with van der Waals surface area (Å²) in [7, 11) is 0. The van der Waals surface area contributed by atoms with Gasteiger partial charge in [0, 0.05) is 17.3 Å². The fourth-order valence-electron chi connectivity index (χ4n) is 3.78. The number of anilines is 1. The minimum Gasteiger partial charge on any atom is -0.478 e. The molecule has 2 aromatic carbocycles. The molecule has 2 N–H and O–H groups in total. The third-order valence-electron chi connectivity index (χ3n) is 5.70. The Labute approximate surface area is 166 Å². The van der Waals surface area contributed by atoms with Crippen LogP contribution in [0.25, 0.3) is 6.08 Å². The number of rotatable bonds is 4. The second-order valence-electron chi connectivity index (χ2n) is 8.78. The van der Waals surface area contributed by atoms with Crippen molar-refractivity contribution in [3.05, 3.63) is 70.8 Å². The second-order valence-corrected chi connectivity index (χ2v) is 8.78. The fraction of sp³-hybridized carbons (Fsp3) is 0.333. The first kappa shape index (κ1) is 19.9. The first-order valence-electron chi connectivity index (χ1n) is 9.56. The van der Waals surface area contributed by atoms with Gasteiger partial charge < -0.3 is 10.4 Å². The molecule has 4 nitrogen and oxygen atoms in total. The van der Waals surface area contributed by atoms with Crippen molar-refractivity contribution in [3.8, 4) is 0 Å². The van der Waals surface area contributed by atoms with Gasteiger partial charge in [-0.25, -0.2) is 4.79 Å². The first-order valence-corrected chi connectivity index (χ1v) is 9.56. The molecule has 146 valence electrons. The monoisotopic (exact) mass is 377 g/mol. The molecule has 0 aromatic heterocycles. The van der Waals surface area contributed by atoms with Crippen molar-refractivity contribution in [2.45, 2.75) is 51.4 Å². The van der Waals surface area contributed by atoms with Gasteiger partial charge in [-0.1, -0.05) is 45.9 Å². The van der Waals surface area contributed by atoms with Crippen molar-refractivity contribution in [2.24, 2.45) is 0 Å². The highest BCUT2D eigenvalue weighted by Gasteiger charge is 2.37. The van der Waals surface area contributed by atoms with Gasteiger partial charge >= 0.3 is 5.97 Å². The number of carboxylic acids is 1. The Hall–Kier alpha value is -2.88. The Bertz CT molecular complexity index is 937. The summed E-state index contributed by atoms with van der Waals surface area (Å²) in [6.07, 6.45) is 4.85. The maximum Gasteiger partial charge on any atom is 0.328 e. The predicted molar refractivity (Wildman–Crippen MR) is 113 cm³/mol. The molecular weight excluding hydrogens is 350 g/mol. The number of fused-ring (bicyclic) bond motifs is 1. The molecular formula is C24H27NO3. The Balaban J connectivity index is 1.81. The number of carbonyl (C=O) groups is 2. The summed E-state index contributed by atoms with van der Waals surface area (Å²) in [5.74, 6) is -1.18. The van der Waals surface area contributed by atoms with Crippen LogP contribution < -0.4 is 5.32 Å². The topological polar surface area (TPSA) is 66.4 Å². The third-order valence-corrected chi connectivity index (χ3v) is 5.70. The first-order chi connectivity index (χ1) is 13.1. The highest BCUT2D eigenvalue weighted by atomic mass is 16.4. The van der Waals surface area contributed by atoms with E-state index in [0.717, 1.165) is 30.2 Å². The molecule has 2 aromatic rings. The van der Waals surface area contributed by atoms with Gasteiger partial charge in [-0.2, -0.15) is 0 Å². The van der Waals surface area contributed by atoms with E-state index in [1.54, 1.807) is 24.3 Å². The molecule has 0 saturated heterocycles. The lowest BCUT2D eigenvalue weighted by molar-refractivity contribution is -0.131. The van der Waals surface area contributed by atoms with Gasteiger partial charge in [0.2, 0.25) is 0 Å². The summed E-state index contributed by atoms with van der Waals surface area (Å²) >= 11 is 0. The van der Waals surface area contributed by atoms with E-state index >= 15 is 0 Å². The summed E-state index contributed by atoms with van der Waals surface area (Å²) in [5.41, 5.74) is 4.95. The van der Waals surface area contributed by atoms with Crippen molar-refractivity contribution < 1.29 is 14.7 Å². The van der Waals surface area contributed by atoms with Crippen LogP contribution >= 0.6 is 0 Å². The Morgan fingerprint density at radius 2 is 1.54 bits per heavy atom. The van der Waals surface area contributed by atoms with Crippen LogP contribution in [0.2, 0.25) is 0 Å². The molecule has 0 atom stereocenters. The number of hydrogen-bond donors (Lipinski definition) is 2. The van der Waals surface area contributed by atoms with Crippen molar-refractivity contribution in [3.63, 3.8) is 0 Å². The lowest BCUT2D eigenvalue weighted by Gasteiger charge is -2.42. The highest BCUT2D eigenvalue weighted by molar-refractivity contribution is 6.04. The zero-order chi connectivity index (χ0) is 20.5. The Morgan fingerprint density at radius 3 is 2.14 bits per heavy atom. The van der Waals surface area contributed by atoms with Gasteiger partial charge in [0.25, 0.3) is 5.91 Å². The standard InChI is InChI=1S/C24H27NO3/c1-23(2)13-14-24(3,4)20-15-18(10-11-19(20)23)25-22(28)17-8-5-16(6-9-17)7-12-21(26)27/h5-12,15H,13-14H2,1-4H3,(H,25,28)(H,26,27). The van der Waals surface area contributed by atoms with Crippen LogP contribution in [-0.4, -0.2) is 17.0 Å². The number of amides is 1. The maximum absolute atomic E-state index is 12.6. The van der Waals surface area contributed by atoms with E-state index in [1.807, 2.05) is 6.07 Å². The molecule has 1 amide bonds. The second kappa shape index (κ2) is 7.27. The summed E-state index contributed by atoms with van der Waals surface area (Å²) in [6, 6.07) is 13.1. The molecule has 0 unspecified atom stereocenters. The van der Waals surface area contributed by atoms with Crippen molar-refractivity contribution in [1.29, 1.82) is 0 Å². The molecule has 0 fully saturated rings. The van der Waals surface area contributed by atoms with Crippen LogP contribution in [0.3, 0.4) is 0 Å². The zero-order valence-corrected chi connectivity index (χ0v) is 16.9. The molecule has 4 heteroatoms. The van der Waals surface area contributed by atoms with Gasteiger partial charge in [-0.15, -0.1) is 0 Å². The summed E-state index contributed by atoms with van der Waals surface area (Å²) in [4.78, 5) is 23.2. The number of hydrogen-bond acceptors (Lipinski definition) is 2. The molecule has 1 aliphatic carbocycles. The Kier molecular flexibility index (Phi) is 5.16. The predicted octanol–water partition coefficient (Wildman–Crippen LogP) is 5.39. The largest absolute Gasteiger partial charge is 0.478 e. The van der Waals surface area contributed by atoms with E-state index in [2.05, 4.69) is 45.1 Å². The molecule has 1 aliphatic rings. The van der Waals surface area contributed by atoms with Crippen molar-refractivity contribution >= 4 is 23.6 Å². The molecule has 3 rings (SSSR count). The minimum atomic E-state index is -1.000. The molecule has 0 bridgehead atoms.